The Morgan fingerprint density at radius 2 is 1.48 bits per heavy atom. The van der Waals surface area contributed by atoms with Crippen LogP contribution < -0.4 is 10.1 Å². The first-order valence-corrected chi connectivity index (χ1v) is 9.58. The molecule has 1 amide bonds. The number of hydrogen-bond donors (Lipinski definition) is 1. The highest BCUT2D eigenvalue weighted by atomic mass is 16.5. The summed E-state index contributed by atoms with van der Waals surface area (Å²) >= 11 is 0. The maximum Gasteiger partial charge on any atom is 0.338 e. The lowest BCUT2D eigenvalue weighted by Crippen LogP contribution is -2.19. The number of fused-ring (bicyclic) bond motifs is 2. The van der Waals surface area contributed by atoms with Crippen LogP contribution in [0.15, 0.2) is 72.8 Å². The maximum absolute atomic E-state index is 12.8. The van der Waals surface area contributed by atoms with Gasteiger partial charge in [0.2, 0.25) is 5.91 Å². The Labute approximate surface area is 169 Å². The monoisotopic (exact) mass is 387 g/mol. The lowest BCUT2D eigenvalue weighted by molar-refractivity contribution is -0.116. The van der Waals surface area contributed by atoms with Gasteiger partial charge in [-0.1, -0.05) is 36.4 Å². The highest BCUT2D eigenvalue weighted by molar-refractivity contribution is 5.93. The van der Waals surface area contributed by atoms with Gasteiger partial charge in [-0.05, 0) is 43.3 Å². The predicted octanol–water partition coefficient (Wildman–Crippen LogP) is 5.13. The average molecular weight is 387 g/mol. The Morgan fingerprint density at radius 3 is 2.07 bits per heavy atom. The number of carbonyl (C=O) groups is 2. The summed E-state index contributed by atoms with van der Waals surface area (Å²) in [5.74, 6) is 0.992. The zero-order valence-electron chi connectivity index (χ0n) is 16.1. The molecule has 3 aromatic rings. The van der Waals surface area contributed by atoms with E-state index in [4.69, 9.17) is 9.47 Å². The first-order chi connectivity index (χ1) is 14.2. The SMILES string of the molecule is CCOC(=O)c1ccc(NC(=O)CC2c3ccccc3Oc3ccccc32)cc1. The molecule has 1 aliphatic heterocycles. The number of esters is 1. The molecule has 0 saturated heterocycles. The number of anilines is 1. The van der Waals surface area contributed by atoms with Gasteiger partial charge >= 0.3 is 5.97 Å². The molecule has 5 heteroatoms. The van der Waals surface area contributed by atoms with Crippen LogP contribution in [0.3, 0.4) is 0 Å². The van der Waals surface area contributed by atoms with Crippen LogP contribution in [0.25, 0.3) is 0 Å². The number of para-hydroxylation sites is 2. The molecule has 0 aliphatic carbocycles. The van der Waals surface area contributed by atoms with Gasteiger partial charge in [-0.2, -0.15) is 0 Å². The third-order valence-electron chi connectivity index (χ3n) is 4.88. The number of hydrogen-bond acceptors (Lipinski definition) is 4. The van der Waals surface area contributed by atoms with Gasteiger partial charge in [-0.3, -0.25) is 4.79 Å². The fraction of sp³-hybridized carbons (Fsp3) is 0.167. The molecule has 3 aromatic carbocycles. The van der Waals surface area contributed by atoms with Crippen LogP contribution in [0.4, 0.5) is 5.69 Å². The van der Waals surface area contributed by atoms with Gasteiger partial charge in [0.25, 0.3) is 0 Å². The van der Waals surface area contributed by atoms with E-state index in [-0.39, 0.29) is 24.2 Å². The Bertz CT molecular complexity index is 997. The second-order valence-electron chi connectivity index (χ2n) is 6.78. The zero-order valence-corrected chi connectivity index (χ0v) is 16.1. The first kappa shape index (κ1) is 18.7. The van der Waals surface area contributed by atoms with E-state index in [9.17, 15) is 9.59 Å². The molecule has 0 unspecified atom stereocenters. The van der Waals surface area contributed by atoms with Crippen molar-refractivity contribution in [3.63, 3.8) is 0 Å². The minimum atomic E-state index is -0.374. The van der Waals surface area contributed by atoms with Gasteiger partial charge in [0.15, 0.2) is 0 Å². The van der Waals surface area contributed by atoms with E-state index in [1.165, 1.54) is 0 Å². The van der Waals surface area contributed by atoms with Crippen LogP contribution in [0.2, 0.25) is 0 Å². The molecule has 1 N–H and O–H groups in total. The summed E-state index contributed by atoms with van der Waals surface area (Å²) in [5, 5.41) is 2.92. The van der Waals surface area contributed by atoms with Crippen molar-refractivity contribution in [2.45, 2.75) is 19.3 Å². The van der Waals surface area contributed by atoms with Gasteiger partial charge in [0.05, 0.1) is 12.2 Å². The molecule has 1 heterocycles. The molecule has 5 nitrogen and oxygen atoms in total. The number of carbonyl (C=O) groups excluding carboxylic acids is 2. The molecular weight excluding hydrogens is 366 g/mol. The summed E-state index contributed by atoms with van der Waals surface area (Å²) in [6, 6.07) is 22.3. The summed E-state index contributed by atoms with van der Waals surface area (Å²) in [7, 11) is 0. The fourth-order valence-corrected chi connectivity index (χ4v) is 3.53. The molecule has 0 bridgehead atoms. The van der Waals surface area contributed by atoms with E-state index in [0.717, 1.165) is 22.6 Å². The van der Waals surface area contributed by atoms with E-state index < -0.39 is 0 Å². The van der Waals surface area contributed by atoms with Crippen molar-refractivity contribution < 1.29 is 19.1 Å². The number of rotatable bonds is 5. The fourth-order valence-electron chi connectivity index (χ4n) is 3.53. The van der Waals surface area contributed by atoms with Crippen LogP contribution in [-0.4, -0.2) is 18.5 Å². The van der Waals surface area contributed by atoms with Crippen molar-refractivity contribution in [2.75, 3.05) is 11.9 Å². The van der Waals surface area contributed by atoms with Gasteiger partial charge < -0.3 is 14.8 Å². The molecule has 146 valence electrons. The molecule has 0 fully saturated rings. The lowest BCUT2D eigenvalue weighted by atomic mass is 9.85. The number of ether oxygens (including phenoxy) is 2. The van der Waals surface area contributed by atoms with Gasteiger partial charge in [-0.15, -0.1) is 0 Å². The molecule has 0 spiro atoms. The summed E-state index contributed by atoms with van der Waals surface area (Å²) < 4.78 is 11.0. The quantitative estimate of drug-likeness (QED) is 0.617. The summed E-state index contributed by atoms with van der Waals surface area (Å²) in [6.07, 6.45) is 0.289. The standard InChI is InChI=1S/C24H21NO4/c1-2-28-24(27)16-11-13-17(14-12-16)25-23(26)15-20-18-7-3-5-9-21(18)29-22-10-6-4-8-19(20)22/h3-14,20H,2,15H2,1H3,(H,25,26). The maximum atomic E-state index is 12.8. The minimum absolute atomic E-state index is 0.0880. The summed E-state index contributed by atoms with van der Waals surface area (Å²) in [5.41, 5.74) is 3.09. The number of nitrogens with one attached hydrogen (secondary N) is 1. The Kier molecular flexibility index (Phi) is 5.29. The Balaban J connectivity index is 1.51. The van der Waals surface area contributed by atoms with Gasteiger partial charge in [0, 0.05) is 29.2 Å². The van der Waals surface area contributed by atoms with E-state index >= 15 is 0 Å². The summed E-state index contributed by atoms with van der Waals surface area (Å²) in [4.78, 5) is 24.5. The molecule has 0 radical (unpaired) electrons. The van der Waals surface area contributed by atoms with Gasteiger partial charge in [0.1, 0.15) is 11.5 Å². The Morgan fingerprint density at radius 1 is 0.897 bits per heavy atom. The lowest BCUT2D eigenvalue weighted by Gasteiger charge is -2.27. The van der Waals surface area contributed by atoms with Crippen molar-refractivity contribution in [3.8, 4) is 11.5 Å². The van der Waals surface area contributed by atoms with Crippen LogP contribution in [-0.2, 0) is 9.53 Å². The number of benzene rings is 3. The van der Waals surface area contributed by atoms with Crippen LogP contribution in [0, 0.1) is 0 Å². The molecular formula is C24H21NO4. The Hall–Kier alpha value is -3.60. The molecule has 1 aliphatic rings. The number of amides is 1. The van der Waals surface area contributed by atoms with Crippen LogP contribution in [0.5, 0.6) is 11.5 Å². The highest BCUT2D eigenvalue weighted by Crippen LogP contribution is 2.45. The van der Waals surface area contributed by atoms with E-state index in [1.54, 1.807) is 31.2 Å². The minimum Gasteiger partial charge on any atom is -0.462 e. The summed E-state index contributed by atoms with van der Waals surface area (Å²) in [6.45, 7) is 2.09. The highest BCUT2D eigenvalue weighted by Gasteiger charge is 2.28. The molecule has 29 heavy (non-hydrogen) atoms. The van der Waals surface area contributed by atoms with E-state index in [1.807, 2.05) is 48.5 Å². The van der Waals surface area contributed by atoms with Crippen molar-refractivity contribution in [2.24, 2.45) is 0 Å². The normalized spacial score (nSPS) is 12.3. The second-order valence-corrected chi connectivity index (χ2v) is 6.78. The second kappa shape index (κ2) is 8.19. The van der Waals surface area contributed by atoms with Crippen molar-refractivity contribution in [1.82, 2.24) is 0 Å². The first-order valence-electron chi connectivity index (χ1n) is 9.58. The topological polar surface area (TPSA) is 64.6 Å². The molecule has 0 aromatic heterocycles. The molecule has 4 rings (SSSR count). The zero-order chi connectivity index (χ0) is 20.2. The van der Waals surface area contributed by atoms with Crippen molar-refractivity contribution >= 4 is 17.6 Å². The largest absolute Gasteiger partial charge is 0.462 e. The molecule has 0 saturated carbocycles. The third-order valence-corrected chi connectivity index (χ3v) is 4.88. The van der Waals surface area contributed by atoms with E-state index in [2.05, 4.69) is 5.32 Å². The smallest absolute Gasteiger partial charge is 0.338 e. The predicted molar refractivity (Wildman–Crippen MR) is 110 cm³/mol. The van der Waals surface area contributed by atoms with Crippen molar-refractivity contribution in [3.05, 3.63) is 89.5 Å². The van der Waals surface area contributed by atoms with Crippen LogP contribution >= 0.6 is 0 Å². The third kappa shape index (κ3) is 3.99. The van der Waals surface area contributed by atoms with E-state index in [0.29, 0.717) is 17.9 Å². The molecule has 0 atom stereocenters. The van der Waals surface area contributed by atoms with Crippen LogP contribution in [0.1, 0.15) is 40.7 Å². The average Bonchev–Trinajstić information content (AvgIpc) is 2.74. The van der Waals surface area contributed by atoms with Crippen molar-refractivity contribution in [1.29, 1.82) is 0 Å². The van der Waals surface area contributed by atoms with Gasteiger partial charge in [-0.25, -0.2) is 4.79 Å².